The lowest BCUT2D eigenvalue weighted by Gasteiger charge is -2.24. The van der Waals surface area contributed by atoms with Crippen molar-refractivity contribution in [2.45, 2.75) is 0 Å². The predicted octanol–water partition coefficient (Wildman–Crippen LogP) is 0.308. The van der Waals surface area contributed by atoms with E-state index in [1.165, 1.54) is 0 Å². The van der Waals surface area contributed by atoms with E-state index < -0.39 is 0 Å². The monoisotopic (exact) mass is 126 g/mol. The van der Waals surface area contributed by atoms with Gasteiger partial charge in [-0.15, -0.1) is 0 Å². The van der Waals surface area contributed by atoms with E-state index >= 15 is 0 Å². The third-order valence-corrected chi connectivity index (χ3v) is 1.47. The Kier molecular flexibility index (Phi) is 2.74. The molecule has 9 heavy (non-hydrogen) atoms. The van der Waals surface area contributed by atoms with Crippen molar-refractivity contribution in [3.63, 3.8) is 0 Å². The van der Waals surface area contributed by atoms with Gasteiger partial charge < -0.3 is 4.74 Å². The van der Waals surface area contributed by atoms with Gasteiger partial charge in [0.2, 0.25) is 0 Å². The third kappa shape index (κ3) is 2.16. The summed E-state index contributed by atoms with van der Waals surface area (Å²) < 4.78 is 5.15. The van der Waals surface area contributed by atoms with Gasteiger partial charge in [-0.1, -0.05) is 12.7 Å². The molecule has 0 amide bonds. The summed E-state index contributed by atoms with van der Waals surface area (Å²) in [7, 11) is 0. The lowest BCUT2D eigenvalue weighted by molar-refractivity contribution is 0.0434. The molecule has 0 spiro atoms. The quantitative estimate of drug-likeness (QED) is 0.528. The molecule has 1 aliphatic heterocycles. The molecule has 0 bridgehead atoms. The minimum Gasteiger partial charge on any atom is -0.379 e. The summed E-state index contributed by atoms with van der Waals surface area (Å²) in [5, 5.41) is 0. The first-order chi connectivity index (χ1) is 4.43. The van der Waals surface area contributed by atoms with Crippen LogP contribution in [0.5, 0.6) is 0 Å². The van der Waals surface area contributed by atoms with Crippen molar-refractivity contribution >= 4 is 0 Å². The molecule has 1 aliphatic rings. The molecule has 0 N–H and O–H groups in total. The Morgan fingerprint density at radius 1 is 1.44 bits per heavy atom. The van der Waals surface area contributed by atoms with Gasteiger partial charge >= 0.3 is 0 Å². The molecule has 1 rings (SSSR count). The lowest BCUT2D eigenvalue weighted by atomic mass is 10.4. The minimum atomic E-state index is 0.855. The first-order valence-electron chi connectivity index (χ1n) is 3.27. The van der Waals surface area contributed by atoms with Crippen LogP contribution in [0.4, 0.5) is 0 Å². The van der Waals surface area contributed by atoms with Crippen molar-refractivity contribution in [3.8, 4) is 0 Å². The standard InChI is InChI=1S/C7H12NO/c1-2-3-8-4-6-9-7-5-8/h1-2H,3-7H2. The molecule has 1 fully saturated rings. The Morgan fingerprint density at radius 2 is 2.11 bits per heavy atom. The highest BCUT2D eigenvalue weighted by Gasteiger charge is 2.06. The summed E-state index contributed by atoms with van der Waals surface area (Å²) in [6, 6.07) is 0. The van der Waals surface area contributed by atoms with Crippen molar-refractivity contribution in [2.75, 3.05) is 32.8 Å². The Labute approximate surface area is 56.1 Å². The van der Waals surface area contributed by atoms with E-state index in [1.807, 2.05) is 0 Å². The van der Waals surface area contributed by atoms with Crippen LogP contribution in [0.15, 0.2) is 6.08 Å². The van der Waals surface area contributed by atoms with Gasteiger partial charge in [0, 0.05) is 19.6 Å². The number of rotatable bonds is 2. The zero-order valence-corrected chi connectivity index (χ0v) is 5.55. The van der Waals surface area contributed by atoms with Gasteiger partial charge in [0.25, 0.3) is 0 Å². The summed E-state index contributed by atoms with van der Waals surface area (Å²) in [4.78, 5) is 2.27. The van der Waals surface area contributed by atoms with Crippen LogP contribution in [-0.4, -0.2) is 37.7 Å². The molecule has 0 unspecified atom stereocenters. The van der Waals surface area contributed by atoms with E-state index in [1.54, 1.807) is 6.08 Å². The summed E-state index contributed by atoms with van der Waals surface area (Å²) in [6.45, 7) is 9.90. The normalized spacial score (nSPS) is 21.8. The average molecular weight is 126 g/mol. The van der Waals surface area contributed by atoms with E-state index in [0.29, 0.717) is 0 Å². The van der Waals surface area contributed by atoms with Crippen molar-refractivity contribution < 1.29 is 4.74 Å². The number of hydrogen-bond donors (Lipinski definition) is 0. The second-order valence-electron chi connectivity index (χ2n) is 2.15. The molecule has 0 aliphatic carbocycles. The highest BCUT2D eigenvalue weighted by atomic mass is 16.5. The molecule has 2 nitrogen and oxygen atoms in total. The Hall–Kier alpha value is -0.340. The van der Waals surface area contributed by atoms with Crippen LogP contribution < -0.4 is 0 Å². The van der Waals surface area contributed by atoms with E-state index in [-0.39, 0.29) is 0 Å². The fraction of sp³-hybridized carbons (Fsp3) is 0.714. The lowest BCUT2D eigenvalue weighted by Crippen LogP contribution is -2.36. The zero-order valence-electron chi connectivity index (χ0n) is 5.55. The fourth-order valence-corrected chi connectivity index (χ4v) is 0.933. The molecule has 1 heterocycles. The molecular weight excluding hydrogens is 114 g/mol. The van der Waals surface area contributed by atoms with Gasteiger partial charge in [0.05, 0.1) is 13.2 Å². The highest BCUT2D eigenvalue weighted by molar-refractivity contribution is 4.72. The maximum Gasteiger partial charge on any atom is 0.0594 e. The van der Waals surface area contributed by atoms with Gasteiger partial charge in [-0.25, -0.2) is 0 Å². The number of nitrogens with zero attached hydrogens (tertiary/aromatic N) is 1. The maximum absolute atomic E-state index is 5.25. The van der Waals surface area contributed by atoms with E-state index in [9.17, 15) is 0 Å². The van der Waals surface area contributed by atoms with E-state index in [0.717, 1.165) is 32.8 Å². The Balaban J connectivity index is 2.15. The molecule has 1 saturated heterocycles. The largest absolute Gasteiger partial charge is 0.379 e. The van der Waals surface area contributed by atoms with Crippen LogP contribution in [0, 0.1) is 6.58 Å². The van der Waals surface area contributed by atoms with Crippen LogP contribution >= 0.6 is 0 Å². The second kappa shape index (κ2) is 3.64. The van der Waals surface area contributed by atoms with Crippen LogP contribution in [0.2, 0.25) is 0 Å². The zero-order chi connectivity index (χ0) is 6.53. The number of ether oxygens (including phenoxy) is 1. The van der Waals surface area contributed by atoms with Gasteiger partial charge in [-0.3, -0.25) is 4.90 Å². The minimum absolute atomic E-state index is 0.855. The Bertz CT molecular complexity index is 86.9. The van der Waals surface area contributed by atoms with Crippen molar-refractivity contribution in [1.82, 2.24) is 4.90 Å². The van der Waals surface area contributed by atoms with Crippen molar-refractivity contribution in [3.05, 3.63) is 12.7 Å². The molecular formula is C7H12NO. The summed E-state index contributed by atoms with van der Waals surface area (Å²) in [5.74, 6) is 0. The first kappa shape index (κ1) is 6.78. The average Bonchev–Trinajstić information content (AvgIpc) is 1.91. The first-order valence-corrected chi connectivity index (χ1v) is 3.27. The van der Waals surface area contributed by atoms with E-state index in [2.05, 4.69) is 4.90 Å². The third-order valence-electron chi connectivity index (χ3n) is 1.47. The molecule has 0 aromatic heterocycles. The van der Waals surface area contributed by atoms with Crippen molar-refractivity contribution in [2.24, 2.45) is 0 Å². The molecule has 0 aromatic carbocycles. The van der Waals surface area contributed by atoms with Crippen LogP contribution in [0.25, 0.3) is 0 Å². The van der Waals surface area contributed by atoms with Crippen LogP contribution in [0.1, 0.15) is 0 Å². The summed E-state index contributed by atoms with van der Waals surface area (Å²) in [6.07, 6.45) is 1.69. The molecule has 2 heteroatoms. The van der Waals surface area contributed by atoms with Crippen molar-refractivity contribution in [1.29, 1.82) is 0 Å². The molecule has 51 valence electrons. The Morgan fingerprint density at radius 3 is 2.67 bits per heavy atom. The summed E-state index contributed by atoms with van der Waals surface area (Å²) in [5.41, 5.74) is 0. The van der Waals surface area contributed by atoms with Gasteiger partial charge in [-0.05, 0) is 0 Å². The molecule has 0 atom stereocenters. The molecule has 0 aromatic rings. The summed E-state index contributed by atoms with van der Waals surface area (Å²) >= 11 is 0. The second-order valence-corrected chi connectivity index (χ2v) is 2.15. The van der Waals surface area contributed by atoms with Crippen LogP contribution in [-0.2, 0) is 4.74 Å². The van der Waals surface area contributed by atoms with Gasteiger partial charge in [0.1, 0.15) is 0 Å². The van der Waals surface area contributed by atoms with E-state index in [4.69, 9.17) is 11.3 Å². The maximum atomic E-state index is 5.25. The smallest absolute Gasteiger partial charge is 0.0594 e. The SMILES string of the molecule is [CH]=CCN1CCOCC1. The highest BCUT2D eigenvalue weighted by Crippen LogP contribution is 1.94. The van der Waals surface area contributed by atoms with Gasteiger partial charge in [0.15, 0.2) is 0 Å². The topological polar surface area (TPSA) is 12.5 Å². The van der Waals surface area contributed by atoms with Crippen LogP contribution in [0.3, 0.4) is 0 Å². The molecule has 0 saturated carbocycles. The molecule has 1 radical (unpaired) electrons. The number of hydrogen-bond acceptors (Lipinski definition) is 2. The number of morpholine rings is 1. The van der Waals surface area contributed by atoms with Gasteiger partial charge in [-0.2, -0.15) is 0 Å². The predicted molar refractivity (Wildman–Crippen MR) is 36.1 cm³/mol. The fourth-order valence-electron chi connectivity index (χ4n) is 0.933.